The van der Waals surface area contributed by atoms with Gasteiger partial charge >= 0.3 is 0 Å². The molecular formula is C18H29NO. The molecule has 112 valence electrons. The minimum Gasteiger partial charge on any atom is -0.492 e. The Bertz CT molecular complexity index is 421. The number of rotatable bonds is 8. The van der Waals surface area contributed by atoms with Crippen molar-refractivity contribution in [1.82, 2.24) is 5.32 Å². The number of para-hydroxylation sites is 1. The van der Waals surface area contributed by atoms with Crippen LogP contribution in [0.4, 0.5) is 0 Å². The predicted octanol–water partition coefficient (Wildman–Crippen LogP) is 4.37. The van der Waals surface area contributed by atoms with Crippen LogP contribution >= 0.6 is 0 Å². The van der Waals surface area contributed by atoms with Gasteiger partial charge in [-0.1, -0.05) is 58.0 Å². The topological polar surface area (TPSA) is 21.3 Å². The first kappa shape index (κ1) is 16.8. The zero-order valence-electron chi connectivity index (χ0n) is 13.6. The fourth-order valence-corrected chi connectivity index (χ4v) is 1.95. The fourth-order valence-electron chi connectivity index (χ4n) is 1.95. The Morgan fingerprint density at radius 1 is 1.25 bits per heavy atom. The molecular weight excluding hydrogens is 246 g/mol. The van der Waals surface area contributed by atoms with E-state index >= 15 is 0 Å². The van der Waals surface area contributed by atoms with Crippen molar-refractivity contribution in [1.29, 1.82) is 0 Å². The van der Waals surface area contributed by atoms with Gasteiger partial charge in [0.2, 0.25) is 0 Å². The molecule has 1 rings (SSSR count). The molecule has 0 bridgehead atoms. The van der Waals surface area contributed by atoms with E-state index in [4.69, 9.17) is 4.74 Å². The summed E-state index contributed by atoms with van der Waals surface area (Å²) in [6.07, 6.45) is 4.12. The van der Waals surface area contributed by atoms with Gasteiger partial charge in [0.15, 0.2) is 0 Å². The lowest BCUT2D eigenvalue weighted by atomic mass is 9.94. The smallest absolute Gasteiger partial charge is 0.126 e. The van der Waals surface area contributed by atoms with Gasteiger partial charge in [-0.25, -0.2) is 0 Å². The Hall–Kier alpha value is -1.28. The summed E-state index contributed by atoms with van der Waals surface area (Å²) in [4.78, 5) is 0. The van der Waals surface area contributed by atoms with E-state index in [1.807, 2.05) is 31.2 Å². The molecule has 0 saturated carbocycles. The Morgan fingerprint density at radius 3 is 2.60 bits per heavy atom. The van der Waals surface area contributed by atoms with Crippen molar-refractivity contribution in [3.63, 3.8) is 0 Å². The van der Waals surface area contributed by atoms with E-state index in [-0.39, 0.29) is 5.41 Å². The Morgan fingerprint density at radius 2 is 1.95 bits per heavy atom. The largest absolute Gasteiger partial charge is 0.492 e. The molecule has 0 radical (unpaired) electrons. The van der Waals surface area contributed by atoms with Gasteiger partial charge in [-0.2, -0.15) is 0 Å². The SMILES string of the molecule is CC=Cc1ccccc1OCC(C)(C)CNCC(C)C. The second-order valence-electron chi connectivity index (χ2n) is 6.52. The lowest BCUT2D eigenvalue weighted by molar-refractivity contribution is 0.175. The zero-order valence-corrected chi connectivity index (χ0v) is 13.6. The summed E-state index contributed by atoms with van der Waals surface area (Å²) >= 11 is 0. The second-order valence-corrected chi connectivity index (χ2v) is 6.52. The molecule has 1 aromatic carbocycles. The highest BCUT2D eigenvalue weighted by Gasteiger charge is 2.19. The number of hydrogen-bond donors (Lipinski definition) is 1. The number of nitrogens with one attached hydrogen (secondary N) is 1. The van der Waals surface area contributed by atoms with Gasteiger partial charge in [-0.05, 0) is 25.5 Å². The van der Waals surface area contributed by atoms with Crippen molar-refractivity contribution in [3.05, 3.63) is 35.9 Å². The number of benzene rings is 1. The molecule has 0 amide bonds. The van der Waals surface area contributed by atoms with Crippen LogP contribution in [-0.4, -0.2) is 19.7 Å². The first-order valence-electron chi connectivity index (χ1n) is 7.50. The van der Waals surface area contributed by atoms with E-state index in [2.05, 4.69) is 45.2 Å². The monoisotopic (exact) mass is 275 g/mol. The van der Waals surface area contributed by atoms with E-state index in [0.717, 1.165) is 24.4 Å². The lowest BCUT2D eigenvalue weighted by Gasteiger charge is -2.26. The molecule has 1 N–H and O–H groups in total. The van der Waals surface area contributed by atoms with Crippen LogP contribution in [-0.2, 0) is 0 Å². The molecule has 2 heteroatoms. The molecule has 0 aliphatic rings. The minimum absolute atomic E-state index is 0.123. The Kier molecular flexibility index (Phi) is 6.80. The maximum atomic E-state index is 6.02. The van der Waals surface area contributed by atoms with Crippen LogP contribution in [0.25, 0.3) is 6.08 Å². The van der Waals surface area contributed by atoms with Crippen LogP contribution in [0.2, 0.25) is 0 Å². The molecule has 0 fully saturated rings. The third-order valence-electron chi connectivity index (χ3n) is 3.04. The number of hydrogen-bond acceptors (Lipinski definition) is 2. The van der Waals surface area contributed by atoms with Crippen LogP contribution in [0, 0.1) is 11.3 Å². The molecule has 0 saturated heterocycles. The summed E-state index contributed by atoms with van der Waals surface area (Å²) in [5.41, 5.74) is 1.26. The summed E-state index contributed by atoms with van der Waals surface area (Å²) in [5, 5.41) is 3.51. The van der Waals surface area contributed by atoms with Crippen LogP contribution in [0.1, 0.15) is 40.2 Å². The van der Waals surface area contributed by atoms with Crippen molar-refractivity contribution >= 4 is 6.08 Å². The highest BCUT2D eigenvalue weighted by atomic mass is 16.5. The molecule has 0 atom stereocenters. The Balaban J connectivity index is 2.53. The lowest BCUT2D eigenvalue weighted by Crippen LogP contribution is -2.35. The average molecular weight is 275 g/mol. The van der Waals surface area contributed by atoms with Crippen molar-refractivity contribution in [2.45, 2.75) is 34.6 Å². The summed E-state index contributed by atoms with van der Waals surface area (Å²) < 4.78 is 6.02. The summed E-state index contributed by atoms with van der Waals surface area (Å²) in [6.45, 7) is 13.7. The van der Waals surface area contributed by atoms with Gasteiger partial charge in [-0.3, -0.25) is 0 Å². The van der Waals surface area contributed by atoms with Crippen molar-refractivity contribution in [3.8, 4) is 5.75 Å². The normalized spacial score (nSPS) is 12.3. The van der Waals surface area contributed by atoms with Crippen LogP contribution in [0.5, 0.6) is 5.75 Å². The fraction of sp³-hybridized carbons (Fsp3) is 0.556. The maximum absolute atomic E-state index is 6.02. The quantitative estimate of drug-likeness (QED) is 0.760. The molecule has 20 heavy (non-hydrogen) atoms. The van der Waals surface area contributed by atoms with Gasteiger partial charge in [0, 0.05) is 17.5 Å². The Labute approximate surface area is 124 Å². The van der Waals surface area contributed by atoms with E-state index in [1.54, 1.807) is 0 Å². The maximum Gasteiger partial charge on any atom is 0.126 e. The van der Waals surface area contributed by atoms with E-state index in [9.17, 15) is 0 Å². The first-order chi connectivity index (χ1) is 9.44. The molecule has 0 unspecified atom stereocenters. The van der Waals surface area contributed by atoms with Crippen LogP contribution in [0.15, 0.2) is 30.3 Å². The van der Waals surface area contributed by atoms with E-state index in [0.29, 0.717) is 12.5 Å². The van der Waals surface area contributed by atoms with Gasteiger partial charge < -0.3 is 10.1 Å². The van der Waals surface area contributed by atoms with Crippen LogP contribution < -0.4 is 10.1 Å². The highest BCUT2D eigenvalue weighted by Crippen LogP contribution is 2.23. The third-order valence-corrected chi connectivity index (χ3v) is 3.04. The zero-order chi connectivity index (χ0) is 15.0. The summed E-state index contributed by atoms with van der Waals surface area (Å²) in [5.74, 6) is 1.64. The molecule has 0 aliphatic carbocycles. The van der Waals surface area contributed by atoms with Gasteiger partial charge in [0.05, 0.1) is 6.61 Å². The predicted molar refractivity (Wildman–Crippen MR) is 88.1 cm³/mol. The molecule has 0 aliphatic heterocycles. The average Bonchev–Trinajstić information content (AvgIpc) is 2.37. The second kappa shape index (κ2) is 8.11. The molecule has 0 aromatic heterocycles. The van der Waals surface area contributed by atoms with Crippen molar-refractivity contribution in [2.24, 2.45) is 11.3 Å². The summed E-state index contributed by atoms with van der Waals surface area (Å²) in [7, 11) is 0. The molecule has 0 spiro atoms. The van der Waals surface area contributed by atoms with Gasteiger partial charge in [-0.15, -0.1) is 0 Å². The summed E-state index contributed by atoms with van der Waals surface area (Å²) in [6, 6.07) is 8.18. The third kappa shape index (κ3) is 6.25. The number of allylic oxidation sites excluding steroid dienone is 1. The number of ether oxygens (including phenoxy) is 1. The standard InChI is InChI=1S/C18H29NO/c1-6-9-16-10-7-8-11-17(16)20-14-18(4,5)13-19-12-15(2)3/h6-11,15,19H,12-14H2,1-5H3. The minimum atomic E-state index is 0.123. The van der Waals surface area contributed by atoms with Gasteiger partial charge in [0.1, 0.15) is 5.75 Å². The molecule has 1 aromatic rings. The highest BCUT2D eigenvalue weighted by molar-refractivity contribution is 5.56. The van der Waals surface area contributed by atoms with E-state index < -0.39 is 0 Å². The van der Waals surface area contributed by atoms with Gasteiger partial charge in [0.25, 0.3) is 0 Å². The van der Waals surface area contributed by atoms with Crippen molar-refractivity contribution in [2.75, 3.05) is 19.7 Å². The molecule has 0 heterocycles. The molecule has 2 nitrogen and oxygen atoms in total. The van der Waals surface area contributed by atoms with Crippen molar-refractivity contribution < 1.29 is 4.74 Å². The first-order valence-corrected chi connectivity index (χ1v) is 7.50. The van der Waals surface area contributed by atoms with E-state index in [1.165, 1.54) is 0 Å². The van der Waals surface area contributed by atoms with Crippen LogP contribution in [0.3, 0.4) is 0 Å².